The lowest BCUT2D eigenvalue weighted by atomic mass is 9.45. The van der Waals surface area contributed by atoms with Gasteiger partial charge in [-0.2, -0.15) is 0 Å². The van der Waals surface area contributed by atoms with Gasteiger partial charge in [-0.25, -0.2) is 9.78 Å². The summed E-state index contributed by atoms with van der Waals surface area (Å²) in [6, 6.07) is 6.24. The maximum Gasteiger partial charge on any atom is 0.250 e. The lowest BCUT2D eigenvalue weighted by Crippen LogP contribution is -2.77. The molecule has 1 aromatic rings. The van der Waals surface area contributed by atoms with Crippen molar-refractivity contribution < 1.29 is 28.8 Å². The minimum absolute atomic E-state index is 0.0825. The standard InChI is InChI=1S/C28H44O6Si/c1-26(2,3)35(5,6)33-24-16-21(9-10-23(24)30-4)25-28(34-32-25)22-14-19-13-20(15-22)18-27(28,17-19)31-12-8-7-11-29/h9-10,16,19-20,22,25,29H,7-8,11-15,17-18H2,1-6H3. The largest absolute Gasteiger partial charge is 0.541 e. The van der Waals surface area contributed by atoms with E-state index < -0.39 is 13.9 Å². The molecule has 0 radical (unpaired) electrons. The number of methoxy groups -OCH3 is 1. The van der Waals surface area contributed by atoms with Gasteiger partial charge >= 0.3 is 0 Å². The van der Waals surface area contributed by atoms with Crippen molar-refractivity contribution in [3.8, 4) is 11.5 Å². The zero-order chi connectivity index (χ0) is 25.1. The van der Waals surface area contributed by atoms with Crippen molar-refractivity contribution in [3.63, 3.8) is 0 Å². The van der Waals surface area contributed by atoms with Gasteiger partial charge in [0, 0.05) is 13.2 Å². The van der Waals surface area contributed by atoms with Crippen LogP contribution in [0.1, 0.15) is 77.4 Å². The van der Waals surface area contributed by atoms with E-state index in [1.165, 1.54) is 19.3 Å². The van der Waals surface area contributed by atoms with Gasteiger partial charge in [-0.1, -0.05) is 26.8 Å². The Morgan fingerprint density at radius 3 is 2.34 bits per heavy atom. The zero-order valence-electron chi connectivity index (χ0n) is 22.4. The fourth-order valence-electron chi connectivity index (χ4n) is 7.13. The molecule has 1 saturated heterocycles. The number of aliphatic hydroxyl groups excluding tert-OH is 1. The van der Waals surface area contributed by atoms with Gasteiger partial charge < -0.3 is 19.0 Å². The first kappa shape index (κ1) is 25.5. The predicted molar refractivity (Wildman–Crippen MR) is 137 cm³/mol. The molecule has 4 saturated carbocycles. The Balaban J connectivity index is 1.48. The summed E-state index contributed by atoms with van der Waals surface area (Å²) in [5.74, 6) is 3.43. The number of unbranched alkanes of at least 4 members (excludes halogenated alkanes) is 1. The number of benzene rings is 1. The molecule has 4 aliphatic carbocycles. The highest BCUT2D eigenvalue weighted by Crippen LogP contribution is 2.70. The summed E-state index contributed by atoms with van der Waals surface area (Å²) in [5.41, 5.74) is 0.305. The summed E-state index contributed by atoms with van der Waals surface area (Å²) in [4.78, 5) is 12.2. The van der Waals surface area contributed by atoms with Crippen LogP contribution in [0, 0.1) is 17.8 Å². The van der Waals surface area contributed by atoms with Gasteiger partial charge in [0.25, 0.3) is 8.32 Å². The quantitative estimate of drug-likeness (QED) is 0.246. The smallest absolute Gasteiger partial charge is 0.250 e. The molecule has 5 fully saturated rings. The van der Waals surface area contributed by atoms with Crippen molar-refractivity contribution in [3.05, 3.63) is 23.8 Å². The van der Waals surface area contributed by atoms with Crippen molar-refractivity contribution in [1.82, 2.24) is 0 Å². The summed E-state index contributed by atoms with van der Waals surface area (Å²) in [5, 5.41) is 9.34. The van der Waals surface area contributed by atoms with E-state index in [0.29, 0.717) is 24.4 Å². The molecule has 1 aliphatic heterocycles. The van der Waals surface area contributed by atoms with Crippen LogP contribution < -0.4 is 9.16 Å². The fraction of sp³-hybridized carbons (Fsp3) is 0.786. The molecule has 6 rings (SSSR count). The minimum Gasteiger partial charge on any atom is -0.541 e. The van der Waals surface area contributed by atoms with Gasteiger partial charge in [0.1, 0.15) is 11.4 Å². The van der Waals surface area contributed by atoms with E-state index in [2.05, 4.69) is 46.0 Å². The molecular weight excluding hydrogens is 460 g/mol. The summed E-state index contributed by atoms with van der Waals surface area (Å²) in [6.07, 6.45) is 7.26. The topological polar surface area (TPSA) is 66.4 Å². The van der Waals surface area contributed by atoms with Crippen molar-refractivity contribution in [2.45, 2.75) is 101 Å². The highest BCUT2D eigenvalue weighted by Gasteiger charge is 2.75. The van der Waals surface area contributed by atoms with E-state index in [-0.39, 0.29) is 23.4 Å². The van der Waals surface area contributed by atoms with E-state index >= 15 is 0 Å². The van der Waals surface area contributed by atoms with Crippen LogP contribution in [0.25, 0.3) is 0 Å². The Morgan fingerprint density at radius 1 is 1.06 bits per heavy atom. The molecule has 0 aromatic heterocycles. The monoisotopic (exact) mass is 504 g/mol. The van der Waals surface area contributed by atoms with Crippen LogP contribution in [-0.4, -0.2) is 44.9 Å². The first-order valence-electron chi connectivity index (χ1n) is 13.5. The molecule has 6 nitrogen and oxygen atoms in total. The molecule has 4 atom stereocenters. The Bertz CT molecular complexity index is 913. The lowest BCUT2D eigenvalue weighted by Gasteiger charge is -2.70. The van der Waals surface area contributed by atoms with E-state index in [1.54, 1.807) is 7.11 Å². The van der Waals surface area contributed by atoms with Gasteiger partial charge in [0.2, 0.25) is 0 Å². The molecule has 1 aromatic carbocycles. The van der Waals surface area contributed by atoms with Crippen LogP contribution in [0.5, 0.6) is 11.5 Å². The van der Waals surface area contributed by atoms with Crippen LogP contribution in [0.2, 0.25) is 18.1 Å². The summed E-state index contributed by atoms with van der Waals surface area (Å²) in [6.45, 7) is 12.1. The van der Waals surface area contributed by atoms with Gasteiger partial charge in [-0.05, 0) is 98.5 Å². The SMILES string of the molecule is COc1ccc(C2OOC23C2CC4CC(C2)CC3(OCCCCO)C4)cc1O[Si](C)(C)C(C)(C)C. The second kappa shape index (κ2) is 9.01. The molecule has 1 spiro atoms. The molecule has 4 bridgehead atoms. The Hall–Kier alpha value is -1.12. The van der Waals surface area contributed by atoms with Crippen LogP contribution >= 0.6 is 0 Å². The van der Waals surface area contributed by atoms with Crippen LogP contribution in [-0.2, 0) is 14.5 Å². The van der Waals surface area contributed by atoms with Crippen molar-refractivity contribution >= 4 is 8.32 Å². The summed E-state index contributed by atoms with van der Waals surface area (Å²) >= 11 is 0. The van der Waals surface area contributed by atoms with Gasteiger partial charge in [-0.15, -0.1) is 0 Å². The molecule has 1 N–H and O–H groups in total. The molecule has 7 heteroatoms. The summed E-state index contributed by atoms with van der Waals surface area (Å²) in [7, 11) is -0.355. The Kier molecular flexibility index (Phi) is 6.57. The molecular formula is C28H44O6Si. The Labute approximate surface area is 211 Å². The van der Waals surface area contributed by atoms with Gasteiger partial charge in [-0.3, -0.25) is 0 Å². The van der Waals surface area contributed by atoms with E-state index in [4.69, 9.17) is 23.7 Å². The first-order chi connectivity index (χ1) is 16.5. The fourth-order valence-corrected chi connectivity index (χ4v) is 8.15. The van der Waals surface area contributed by atoms with Crippen LogP contribution in [0.3, 0.4) is 0 Å². The maximum absolute atomic E-state index is 9.26. The molecule has 5 aliphatic rings. The van der Waals surface area contributed by atoms with E-state index in [0.717, 1.165) is 42.7 Å². The number of hydrogen-bond acceptors (Lipinski definition) is 6. The summed E-state index contributed by atoms with van der Waals surface area (Å²) < 4.78 is 19.2. The number of aliphatic hydroxyl groups is 1. The molecule has 0 amide bonds. The average molecular weight is 505 g/mol. The normalized spacial score (nSPS) is 35.9. The van der Waals surface area contributed by atoms with Gasteiger partial charge in [0.15, 0.2) is 17.5 Å². The van der Waals surface area contributed by atoms with Crippen molar-refractivity contribution in [2.24, 2.45) is 17.8 Å². The van der Waals surface area contributed by atoms with E-state index in [9.17, 15) is 5.11 Å². The minimum atomic E-state index is -2.05. The second-order valence-electron chi connectivity index (χ2n) is 12.9. The third-order valence-electron chi connectivity index (χ3n) is 9.72. The first-order valence-corrected chi connectivity index (χ1v) is 16.4. The lowest BCUT2D eigenvalue weighted by molar-refractivity contribution is -0.571. The van der Waals surface area contributed by atoms with E-state index in [1.807, 2.05) is 6.07 Å². The second-order valence-corrected chi connectivity index (χ2v) is 17.7. The zero-order valence-corrected chi connectivity index (χ0v) is 23.4. The van der Waals surface area contributed by atoms with Crippen LogP contribution in [0.4, 0.5) is 0 Å². The third kappa shape index (κ3) is 4.06. The average Bonchev–Trinajstić information content (AvgIpc) is 2.75. The highest BCUT2D eigenvalue weighted by molar-refractivity contribution is 6.74. The maximum atomic E-state index is 9.26. The van der Waals surface area contributed by atoms with Crippen LogP contribution in [0.15, 0.2) is 18.2 Å². The number of rotatable bonds is 9. The number of ether oxygens (including phenoxy) is 2. The predicted octanol–water partition coefficient (Wildman–Crippen LogP) is 6.19. The molecule has 196 valence electrons. The molecule has 1 heterocycles. The van der Waals surface area contributed by atoms with Gasteiger partial charge in [0.05, 0.1) is 7.11 Å². The third-order valence-corrected chi connectivity index (χ3v) is 14.1. The molecule has 4 unspecified atom stereocenters. The number of hydrogen-bond donors (Lipinski definition) is 1. The highest BCUT2D eigenvalue weighted by atomic mass is 28.4. The van der Waals surface area contributed by atoms with Crippen molar-refractivity contribution in [1.29, 1.82) is 0 Å². The Morgan fingerprint density at radius 2 is 1.77 bits per heavy atom. The van der Waals surface area contributed by atoms with Crippen molar-refractivity contribution in [2.75, 3.05) is 20.3 Å². The molecule has 35 heavy (non-hydrogen) atoms.